The van der Waals surface area contributed by atoms with Crippen LogP contribution in [0.2, 0.25) is 0 Å². The largest absolute Gasteiger partial charge is 0.444 e. The molecule has 1 aromatic heterocycles. The molecule has 0 amide bonds. The monoisotopic (exact) mass is 182 g/mol. The van der Waals surface area contributed by atoms with Crippen LogP contribution in [-0.4, -0.2) is 18.0 Å². The molecule has 0 unspecified atom stereocenters. The molecule has 0 aliphatic rings. The number of hydrogen-bond acceptors (Lipinski definition) is 3. The number of oxazole rings is 1. The van der Waals surface area contributed by atoms with Crippen LogP contribution in [0, 0.1) is 0 Å². The van der Waals surface area contributed by atoms with E-state index in [4.69, 9.17) is 10.2 Å². The molecule has 0 spiro atoms. The zero-order chi connectivity index (χ0) is 9.68. The van der Waals surface area contributed by atoms with E-state index in [0.29, 0.717) is 18.4 Å². The zero-order valence-corrected chi connectivity index (χ0v) is 7.87. The van der Waals surface area contributed by atoms with E-state index in [1.54, 1.807) is 13.2 Å². The van der Waals surface area contributed by atoms with Gasteiger partial charge in [0.25, 0.3) is 0 Å². The Balaban J connectivity index is 2.45. The van der Waals surface area contributed by atoms with Gasteiger partial charge in [-0.25, -0.2) is 4.98 Å². The molecule has 0 aliphatic heterocycles. The summed E-state index contributed by atoms with van der Waals surface area (Å²) in [4.78, 5) is 7.80. The van der Waals surface area contributed by atoms with Gasteiger partial charge in [0.05, 0.1) is 12.7 Å². The van der Waals surface area contributed by atoms with Crippen molar-refractivity contribution in [2.75, 3.05) is 7.05 Å². The Morgan fingerprint density at radius 1 is 1.77 bits per heavy atom. The van der Waals surface area contributed by atoms with Crippen LogP contribution in [0.5, 0.6) is 0 Å². The SMILES string of the molecule is CCc1cnc(CNC(N)=NC)o1. The molecule has 0 radical (unpaired) electrons. The van der Waals surface area contributed by atoms with Gasteiger partial charge in [-0.15, -0.1) is 0 Å². The second-order valence-electron chi connectivity index (χ2n) is 2.54. The number of rotatable bonds is 3. The van der Waals surface area contributed by atoms with Crippen molar-refractivity contribution >= 4 is 5.96 Å². The molecule has 0 atom stereocenters. The number of aromatic nitrogens is 1. The zero-order valence-electron chi connectivity index (χ0n) is 7.87. The van der Waals surface area contributed by atoms with Gasteiger partial charge < -0.3 is 15.5 Å². The Bertz CT molecular complexity index is 292. The lowest BCUT2D eigenvalue weighted by Crippen LogP contribution is -2.30. The molecule has 0 aliphatic carbocycles. The van der Waals surface area contributed by atoms with Crippen molar-refractivity contribution in [3.8, 4) is 0 Å². The highest BCUT2D eigenvalue weighted by Crippen LogP contribution is 2.03. The minimum Gasteiger partial charge on any atom is -0.444 e. The summed E-state index contributed by atoms with van der Waals surface area (Å²) >= 11 is 0. The van der Waals surface area contributed by atoms with Gasteiger partial charge in [-0.1, -0.05) is 6.92 Å². The van der Waals surface area contributed by atoms with Crippen LogP contribution in [0.25, 0.3) is 0 Å². The van der Waals surface area contributed by atoms with Crippen LogP contribution >= 0.6 is 0 Å². The molecule has 72 valence electrons. The molecule has 0 aromatic carbocycles. The van der Waals surface area contributed by atoms with Crippen molar-refractivity contribution in [1.82, 2.24) is 10.3 Å². The summed E-state index contributed by atoms with van der Waals surface area (Å²) in [7, 11) is 1.62. The van der Waals surface area contributed by atoms with E-state index in [1.807, 2.05) is 6.92 Å². The highest BCUT2D eigenvalue weighted by Gasteiger charge is 2.01. The Morgan fingerprint density at radius 3 is 3.08 bits per heavy atom. The first-order chi connectivity index (χ1) is 6.26. The smallest absolute Gasteiger partial charge is 0.213 e. The first-order valence-electron chi connectivity index (χ1n) is 4.16. The normalized spacial score (nSPS) is 11.7. The van der Waals surface area contributed by atoms with Crippen LogP contribution in [0.3, 0.4) is 0 Å². The second-order valence-corrected chi connectivity index (χ2v) is 2.54. The Labute approximate surface area is 77.1 Å². The summed E-state index contributed by atoms with van der Waals surface area (Å²) in [6.45, 7) is 2.49. The van der Waals surface area contributed by atoms with E-state index in [2.05, 4.69) is 15.3 Å². The van der Waals surface area contributed by atoms with E-state index in [9.17, 15) is 0 Å². The number of aliphatic imine (C=N–C) groups is 1. The minimum atomic E-state index is 0.385. The summed E-state index contributed by atoms with van der Waals surface area (Å²) in [5.41, 5.74) is 5.43. The third kappa shape index (κ3) is 2.77. The summed E-state index contributed by atoms with van der Waals surface area (Å²) in [6.07, 6.45) is 2.57. The van der Waals surface area contributed by atoms with Crippen LogP contribution in [0.15, 0.2) is 15.6 Å². The summed E-state index contributed by atoms with van der Waals surface area (Å²) in [6, 6.07) is 0. The van der Waals surface area contributed by atoms with Gasteiger partial charge in [0, 0.05) is 13.5 Å². The van der Waals surface area contributed by atoms with Gasteiger partial charge in [0.2, 0.25) is 5.89 Å². The molecule has 0 saturated carbocycles. The lowest BCUT2D eigenvalue weighted by molar-refractivity contribution is 0.453. The van der Waals surface area contributed by atoms with Crippen LogP contribution in [0.1, 0.15) is 18.6 Å². The molecule has 0 bridgehead atoms. The van der Waals surface area contributed by atoms with Crippen LogP contribution < -0.4 is 11.1 Å². The Kier molecular flexibility index (Phi) is 3.31. The minimum absolute atomic E-state index is 0.385. The molecule has 5 nitrogen and oxygen atoms in total. The topological polar surface area (TPSA) is 76.4 Å². The quantitative estimate of drug-likeness (QED) is 0.519. The molecule has 5 heteroatoms. The summed E-state index contributed by atoms with van der Waals surface area (Å²) in [5, 5.41) is 2.86. The van der Waals surface area contributed by atoms with Crippen molar-refractivity contribution < 1.29 is 4.42 Å². The van der Waals surface area contributed by atoms with Gasteiger partial charge >= 0.3 is 0 Å². The van der Waals surface area contributed by atoms with E-state index < -0.39 is 0 Å². The van der Waals surface area contributed by atoms with Gasteiger partial charge in [0.15, 0.2) is 5.96 Å². The molecule has 13 heavy (non-hydrogen) atoms. The number of nitrogens with one attached hydrogen (secondary N) is 1. The number of nitrogens with two attached hydrogens (primary N) is 1. The van der Waals surface area contributed by atoms with Gasteiger partial charge in [-0.3, -0.25) is 4.99 Å². The van der Waals surface area contributed by atoms with Crippen molar-refractivity contribution in [1.29, 1.82) is 0 Å². The molecule has 1 rings (SSSR count). The highest BCUT2D eigenvalue weighted by atomic mass is 16.4. The lowest BCUT2D eigenvalue weighted by Gasteiger charge is -1.99. The summed E-state index contributed by atoms with van der Waals surface area (Å²) < 4.78 is 5.34. The fourth-order valence-corrected chi connectivity index (χ4v) is 0.838. The average molecular weight is 182 g/mol. The fraction of sp³-hybridized carbons (Fsp3) is 0.500. The van der Waals surface area contributed by atoms with Crippen molar-refractivity contribution in [2.24, 2.45) is 10.7 Å². The number of nitrogens with zero attached hydrogens (tertiary/aromatic N) is 2. The molecule has 1 heterocycles. The molecular formula is C8H14N4O. The number of hydrogen-bond donors (Lipinski definition) is 2. The first-order valence-corrected chi connectivity index (χ1v) is 4.16. The van der Waals surface area contributed by atoms with E-state index in [1.165, 1.54) is 0 Å². The van der Waals surface area contributed by atoms with Crippen molar-refractivity contribution in [2.45, 2.75) is 19.9 Å². The maximum absolute atomic E-state index is 5.43. The first kappa shape index (κ1) is 9.57. The van der Waals surface area contributed by atoms with Crippen molar-refractivity contribution in [3.63, 3.8) is 0 Å². The van der Waals surface area contributed by atoms with E-state index >= 15 is 0 Å². The molecule has 3 N–H and O–H groups in total. The van der Waals surface area contributed by atoms with Crippen molar-refractivity contribution in [3.05, 3.63) is 17.8 Å². The maximum Gasteiger partial charge on any atom is 0.213 e. The maximum atomic E-state index is 5.43. The molecular weight excluding hydrogens is 168 g/mol. The third-order valence-electron chi connectivity index (χ3n) is 1.61. The van der Waals surface area contributed by atoms with Gasteiger partial charge in [-0.05, 0) is 0 Å². The van der Waals surface area contributed by atoms with E-state index in [-0.39, 0.29) is 0 Å². The average Bonchev–Trinajstić information content (AvgIpc) is 2.61. The highest BCUT2D eigenvalue weighted by molar-refractivity contribution is 5.77. The van der Waals surface area contributed by atoms with E-state index in [0.717, 1.165) is 12.2 Å². The third-order valence-corrected chi connectivity index (χ3v) is 1.61. The number of aryl methyl sites for hydroxylation is 1. The molecule has 0 saturated heterocycles. The molecule has 0 fully saturated rings. The van der Waals surface area contributed by atoms with Gasteiger partial charge in [0.1, 0.15) is 5.76 Å². The Morgan fingerprint density at radius 2 is 2.54 bits per heavy atom. The number of guanidine groups is 1. The second kappa shape index (κ2) is 4.49. The summed E-state index contributed by atoms with van der Waals surface area (Å²) in [5.74, 6) is 1.89. The lowest BCUT2D eigenvalue weighted by atomic mass is 10.4. The predicted octanol–water partition coefficient (Wildman–Crippen LogP) is 0.271. The van der Waals surface area contributed by atoms with Crippen LogP contribution in [0.4, 0.5) is 0 Å². The van der Waals surface area contributed by atoms with Crippen LogP contribution in [-0.2, 0) is 13.0 Å². The Hall–Kier alpha value is -1.52. The fourth-order valence-electron chi connectivity index (χ4n) is 0.838. The van der Waals surface area contributed by atoms with Gasteiger partial charge in [-0.2, -0.15) is 0 Å². The molecule has 1 aromatic rings. The standard InChI is InChI=1S/C8H14N4O/c1-3-6-4-11-7(13-6)5-12-8(9)10-2/h4H,3,5H2,1-2H3,(H3,9,10,12). The predicted molar refractivity (Wildman–Crippen MR) is 50.3 cm³/mol.